The minimum Gasteiger partial charge on any atom is -0.350 e. The zero-order valence-corrected chi connectivity index (χ0v) is 15.9. The smallest absolute Gasteiger partial charge is 0.317 e. The van der Waals surface area contributed by atoms with E-state index in [0.717, 1.165) is 18.4 Å². The Balaban J connectivity index is 1.23. The summed E-state index contributed by atoms with van der Waals surface area (Å²) >= 11 is 0. The summed E-state index contributed by atoms with van der Waals surface area (Å²) in [7, 11) is 0. The van der Waals surface area contributed by atoms with Crippen molar-refractivity contribution >= 4 is 23.5 Å². The number of hydrogen-bond acceptors (Lipinski definition) is 4. The lowest BCUT2D eigenvalue weighted by molar-refractivity contribution is -0.123. The van der Waals surface area contributed by atoms with Crippen molar-refractivity contribution < 1.29 is 14.4 Å². The fourth-order valence-electron chi connectivity index (χ4n) is 3.16. The van der Waals surface area contributed by atoms with Crippen LogP contribution in [0.4, 0.5) is 10.5 Å². The fraction of sp³-hybridized carbons (Fsp3) is 0.333. The van der Waals surface area contributed by atoms with Crippen LogP contribution in [0.25, 0.3) is 0 Å². The molecule has 1 aromatic carbocycles. The first-order valence-corrected chi connectivity index (χ1v) is 9.72. The fourth-order valence-corrected chi connectivity index (χ4v) is 3.16. The molecule has 4 amide bonds. The normalized spacial score (nSPS) is 15.9. The van der Waals surface area contributed by atoms with E-state index >= 15 is 0 Å². The summed E-state index contributed by atoms with van der Waals surface area (Å²) in [5, 5.41) is 8.69. The Labute approximate surface area is 168 Å². The molecule has 0 spiro atoms. The Morgan fingerprint density at radius 1 is 1.07 bits per heavy atom. The predicted molar refractivity (Wildman–Crippen MR) is 107 cm³/mol. The van der Waals surface area contributed by atoms with E-state index < -0.39 is 0 Å². The predicted octanol–water partition coefficient (Wildman–Crippen LogP) is 1.75. The molecular weight excluding hydrogens is 370 g/mol. The van der Waals surface area contributed by atoms with E-state index in [1.807, 2.05) is 18.2 Å². The Morgan fingerprint density at radius 2 is 1.83 bits per heavy atom. The van der Waals surface area contributed by atoms with Gasteiger partial charge in [0.25, 0.3) is 5.91 Å². The van der Waals surface area contributed by atoms with Gasteiger partial charge in [-0.05, 0) is 42.7 Å². The molecule has 4 rings (SSSR count). The molecule has 0 bridgehead atoms. The monoisotopic (exact) mass is 393 g/mol. The molecule has 1 aromatic heterocycles. The van der Waals surface area contributed by atoms with Crippen LogP contribution >= 0.6 is 0 Å². The molecule has 1 saturated carbocycles. The molecule has 0 radical (unpaired) electrons. The summed E-state index contributed by atoms with van der Waals surface area (Å²) in [5.74, 6) is 0.0818. The zero-order valence-electron chi connectivity index (χ0n) is 15.9. The molecule has 1 aliphatic heterocycles. The number of anilines is 1. The van der Waals surface area contributed by atoms with Gasteiger partial charge in [-0.2, -0.15) is 0 Å². The number of nitrogens with one attached hydrogen (secondary N) is 3. The third kappa shape index (κ3) is 4.90. The van der Waals surface area contributed by atoms with Crippen molar-refractivity contribution in [2.24, 2.45) is 5.92 Å². The highest BCUT2D eigenvalue weighted by Gasteiger charge is 2.36. The topological polar surface area (TPSA) is 103 Å². The van der Waals surface area contributed by atoms with Crippen molar-refractivity contribution in [3.63, 3.8) is 0 Å². The number of urea groups is 1. The van der Waals surface area contributed by atoms with Crippen LogP contribution < -0.4 is 16.0 Å². The number of rotatable bonds is 6. The first-order chi connectivity index (χ1) is 14.1. The molecule has 0 unspecified atom stereocenters. The highest BCUT2D eigenvalue weighted by Crippen LogP contribution is 2.29. The highest BCUT2D eigenvalue weighted by atomic mass is 16.2. The van der Waals surface area contributed by atoms with Gasteiger partial charge in [-0.3, -0.25) is 14.6 Å². The number of nitrogens with zero attached hydrogens (tertiary/aromatic N) is 2. The molecule has 1 aliphatic carbocycles. The van der Waals surface area contributed by atoms with E-state index in [9.17, 15) is 14.4 Å². The van der Waals surface area contributed by atoms with E-state index in [-0.39, 0.29) is 29.8 Å². The Bertz CT molecular complexity index is 908. The van der Waals surface area contributed by atoms with Crippen LogP contribution in [0.3, 0.4) is 0 Å². The molecule has 150 valence electrons. The standard InChI is InChI=1S/C21H23N5O3/c27-19(15-4-5-15)25-18-12-26(13-18)21(29)23-11-14-2-1-3-17(10-14)24-20(28)16-6-8-22-9-7-16/h1-3,6-10,15,18H,4-5,11-13H2,(H,23,29)(H,24,28)(H,25,27). The van der Waals surface area contributed by atoms with Crippen molar-refractivity contribution in [1.29, 1.82) is 0 Å². The molecule has 1 saturated heterocycles. The summed E-state index contributed by atoms with van der Waals surface area (Å²) in [6.07, 6.45) is 5.09. The summed E-state index contributed by atoms with van der Waals surface area (Å²) in [6, 6.07) is 10.5. The van der Waals surface area contributed by atoms with Gasteiger partial charge < -0.3 is 20.9 Å². The van der Waals surface area contributed by atoms with E-state index in [0.29, 0.717) is 30.9 Å². The van der Waals surface area contributed by atoms with Gasteiger partial charge in [0.2, 0.25) is 5.91 Å². The lowest BCUT2D eigenvalue weighted by Crippen LogP contribution is -2.63. The second-order valence-electron chi connectivity index (χ2n) is 7.43. The van der Waals surface area contributed by atoms with Gasteiger partial charge in [-0.15, -0.1) is 0 Å². The second-order valence-corrected chi connectivity index (χ2v) is 7.43. The number of amides is 4. The van der Waals surface area contributed by atoms with Crippen LogP contribution in [-0.2, 0) is 11.3 Å². The average Bonchev–Trinajstić information content (AvgIpc) is 3.55. The largest absolute Gasteiger partial charge is 0.350 e. The van der Waals surface area contributed by atoms with Gasteiger partial charge >= 0.3 is 6.03 Å². The van der Waals surface area contributed by atoms with Gasteiger partial charge in [0.15, 0.2) is 0 Å². The van der Waals surface area contributed by atoms with Gasteiger partial charge in [0.1, 0.15) is 0 Å². The first-order valence-electron chi connectivity index (χ1n) is 9.72. The highest BCUT2D eigenvalue weighted by molar-refractivity contribution is 6.04. The van der Waals surface area contributed by atoms with E-state index in [4.69, 9.17) is 0 Å². The molecule has 2 aliphatic rings. The molecule has 2 fully saturated rings. The number of pyridine rings is 1. The maximum Gasteiger partial charge on any atom is 0.317 e. The van der Waals surface area contributed by atoms with Gasteiger partial charge in [0, 0.05) is 49.2 Å². The minimum absolute atomic E-state index is 0.0561. The summed E-state index contributed by atoms with van der Waals surface area (Å²) in [6.45, 7) is 1.42. The van der Waals surface area contributed by atoms with Crippen LogP contribution in [0, 0.1) is 5.92 Å². The van der Waals surface area contributed by atoms with Crippen molar-refractivity contribution in [2.75, 3.05) is 18.4 Å². The van der Waals surface area contributed by atoms with Crippen LogP contribution in [0.15, 0.2) is 48.8 Å². The van der Waals surface area contributed by atoms with Crippen molar-refractivity contribution in [3.05, 3.63) is 59.9 Å². The number of benzene rings is 1. The van der Waals surface area contributed by atoms with Gasteiger partial charge in [0.05, 0.1) is 6.04 Å². The van der Waals surface area contributed by atoms with Gasteiger partial charge in [-0.25, -0.2) is 4.79 Å². The molecule has 8 heteroatoms. The lowest BCUT2D eigenvalue weighted by atomic mass is 10.1. The third-order valence-electron chi connectivity index (χ3n) is 5.03. The molecular formula is C21H23N5O3. The van der Waals surface area contributed by atoms with Crippen LogP contribution in [-0.4, -0.2) is 46.9 Å². The third-order valence-corrected chi connectivity index (χ3v) is 5.03. The number of hydrogen-bond donors (Lipinski definition) is 3. The van der Waals surface area contributed by atoms with Crippen LogP contribution in [0.2, 0.25) is 0 Å². The second kappa shape index (κ2) is 8.30. The maximum atomic E-state index is 12.3. The van der Waals surface area contributed by atoms with Gasteiger partial charge in [-0.1, -0.05) is 12.1 Å². The van der Waals surface area contributed by atoms with Crippen LogP contribution in [0.5, 0.6) is 0 Å². The Morgan fingerprint density at radius 3 is 2.55 bits per heavy atom. The number of aromatic nitrogens is 1. The Kier molecular flexibility index (Phi) is 5.41. The van der Waals surface area contributed by atoms with E-state index in [1.54, 1.807) is 35.5 Å². The van der Waals surface area contributed by atoms with E-state index in [2.05, 4.69) is 20.9 Å². The van der Waals surface area contributed by atoms with Crippen LogP contribution in [0.1, 0.15) is 28.8 Å². The number of carbonyl (C=O) groups excluding carboxylic acids is 3. The Hall–Kier alpha value is -3.42. The van der Waals surface area contributed by atoms with Crippen molar-refractivity contribution in [1.82, 2.24) is 20.5 Å². The van der Waals surface area contributed by atoms with Crippen molar-refractivity contribution in [3.8, 4) is 0 Å². The van der Waals surface area contributed by atoms with Crippen molar-refractivity contribution in [2.45, 2.75) is 25.4 Å². The molecule has 8 nitrogen and oxygen atoms in total. The summed E-state index contributed by atoms with van der Waals surface area (Å²) < 4.78 is 0. The summed E-state index contributed by atoms with van der Waals surface area (Å²) in [4.78, 5) is 41.8. The zero-order chi connectivity index (χ0) is 20.2. The SMILES string of the molecule is O=C(Nc1cccc(CNC(=O)N2CC(NC(=O)C3CC3)C2)c1)c1ccncc1. The van der Waals surface area contributed by atoms with E-state index in [1.165, 1.54) is 0 Å². The first kappa shape index (κ1) is 18.9. The number of likely N-dealkylation sites (tertiary alicyclic amines) is 1. The lowest BCUT2D eigenvalue weighted by Gasteiger charge is -2.39. The quantitative estimate of drug-likeness (QED) is 0.696. The summed E-state index contributed by atoms with van der Waals surface area (Å²) in [5.41, 5.74) is 2.06. The number of carbonyl (C=O) groups is 3. The molecule has 29 heavy (non-hydrogen) atoms. The minimum atomic E-state index is -0.214. The molecule has 2 heterocycles. The molecule has 3 N–H and O–H groups in total. The average molecular weight is 393 g/mol. The molecule has 0 atom stereocenters. The molecule has 2 aromatic rings. The maximum absolute atomic E-state index is 12.3.